The van der Waals surface area contributed by atoms with Gasteiger partial charge in [-0.3, -0.25) is 0 Å². The van der Waals surface area contributed by atoms with Gasteiger partial charge >= 0.3 is 0 Å². The molecule has 0 bridgehead atoms. The number of hydrogen-bond acceptors (Lipinski definition) is 2. The molecule has 2 heteroatoms. The van der Waals surface area contributed by atoms with Gasteiger partial charge in [-0.1, -0.05) is 19.1 Å². The van der Waals surface area contributed by atoms with E-state index in [1.54, 1.807) is 12.1 Å². The molecule has 0 aliphatic rings. The van der Waals surface area contributed by atoms with E-state index in [2.05, 4.69) is 25.1 Å². The van der Waals surface area contributed by atoms with Crippen LogP contribution in [0.25, 0.3) is 0 Å². The Bertz CT molecular complexity index is 350. The first kappa shape index (κ1) is 12.6. The van der Waals surface area contributed by atoms with Crippen LogP contribution in [0, 0.1) is 12.3 Å². The second kappa shape index (κ2) is 6.19. The van der Waals surface area contributed by atoms with E-state index in [0.717, 1.165) is 12.8 Å². The van der Waals surface area contributed by atoms with E-state index in [-0.39, 0.29) is 0 Å². The normalized spacial score (nSPS) is 14.1. The molecule has 0 fully saturated rings. The van der Waals surface area contributed by atoms with Gasteiger partial charge in [-0.05, 0) is 31.0 Å². The van der Waals surface area contributed by atoms with Crippen molar-refractivity contribution in [1.29, 1.82) is 0 Å². The highest BCUT2D eigenvalue weighted by molar-refractivity contribution is 5.28. The van der Waals surface area contributed by atoms with Crippen molar-refractivity contribution in [1.82, 2.24) is 5.32 Å². The first-order valence-electron chi connectivity index (χ1n) is 5.65. The molecule has 0 aliphatic heterocycles. The topological polar surface area (TPSA) is 32.3 Å². The van der Waals surface area contributed by atoms with E-state index in [1.165, 1.54) is 5.56 Å². The van der Waals surface area contributed by atoms with Gasteiger partial charge in [-0.15, -0.1) is 12.3 Å². The van der Waals surface area contributed by atoms with Crippen molar-refractivity contribution in [3.63, 3.8) is 0 Å². The molecule has 1 rings (SSSR count). The SMILES string of the molecule is C#CCC(C)NC(CC)c1ccc(O)cc1. The first-order valence-corrected chi connectivity index (χ1v) is 5.65. The molecule has 0 aromatic heterocycles. The summed E-state index contributed by atoms with van der Waals surface area (Å²) in [4.78, 5) is 0. The molecule has 2 unspecified atom stereocenters. The predicted octanol–water partition coefficient (Wildman–Crippen LogP) is 2.84. The average molecular weight is 217 g/mol. The molecule has 0 saturated heterocycles. The molecule has 0 radical (unpaired) electrons. The lowest BCUT2D eigenvalue weighted by Crippen LogP contribution is -2.29. The van der Waals surface area contributed by atoms with Crippen molar-refractivity contribution < 1.29 is 5.11 Å². The predicted molar refractivity (Wildman–Crippen MR) is 67.2 cm³/mol. The molecule has 2 atom stereocenters. The van der Waals surface area contributed by atoms with Crippen LogP contribution in [-0.4, -0.2) is 11.1 Å². The van der Waals surface area contributed by atoms with E-state index >= 15 is 0 Å². The molecule has 16 heavy (non-hydrogen) atoms. The number of benzene rings is 1. The number of nitrogens with one attached hydrogen (secondary N) is 1. The molecule has 1 aromatic rings. The summed E-state index contributed by atoms with van der Waals surface area (Å²) in [7, 11) is 0. The number of phenols is 1. The minimum atomic E-state index is 0.295. The van der Waals surface area contributed by atoms with Crippen LogP contribution in [0.2, 0.25) is 0 Å². The van der Waals surface area contributed by atoms with Crippen molar-refractivity contribution >= 4 is 0 Å². The zero-order valence-electron chi connectivity index (χ0n) is 9.90. The minimum Gasteiger partial charge on any atom is -0.508 e. The van der Waals surface area contributed by atoms with Gasteiger partial charge in [0, 0.05) is 18.5 Å². The fraction of sp³-hybridized carbons (Fsp3) is 0.429. The highest BCUT2D eigenvalue weighted by Crippen LogP contribution is 2.20. The third kappa shape index (κ3) is 3.60. The number of terminal acetylenes is 1. The van der Waals surface area contributed by atoms with Crippen molar-refractivity contribution in [2.24, 2.45) is 0 Å². The van der Waals surface area contributed by atoms with Crippen LogP contribution in [0.4, 0.5) is 0 Å². The van der Waals surface area contributed by atoms with Gasteiger partial charge in [0.05, 0.1) is 0 Å². The zero-order chi connectivity index (χ0) is 12.0. The molecule has 0 amide bonds. The lowest BCUT2D eigenvalue weighted by Gasteiger charge is -2.21. The Morgan fingerprint density at radius 1 is 1.38 bits per heavy atom. The number of hydrogen-bond donors (Lipinski definition) is 2. The third-order valence-electron chi connectivity index (χ3n) is 2.61. The maximum absolute atomic E-state index is 9.23. The lowest BCUT2D eigenvalue weighted by molar-refractivity contribution is 0.448. The molecule has 0 saturated carbocycles. The maximum atomic E-state index is 9.23. The fourth-order valence-electron chi connectivity index (χ4n) is 1.74. The third-order valence-corrected chi connectivity index (χ3v) is 2.61. The van der Waals surface area contributed by atoms with Crippen LogP contribution in [0.1, 0.15) is 38.3 Å². The zero-order valence-corrected chi connectivity index (χ0v) is 9.90. The second-order valence-electron chi connectivity index (χ2n) is 4.03. The average Bonchev–Trinajstić information content (AvgIpc) is 2.27. The molecular formula is C14H19NO. The summed E-state index contributed by atoms with van der Waals surface area (Å²) in [6, 6.07) is 7.92. The van der Waals surface area contributed by atoms with E-state index in [4.69, 9.17) is 6.42 Å². The van der Waals surface area contributed by atoms with E-state index in [0.29, 0.717) is 17.8 Å². The highest BCUT2D eigenvalue weighted by Gasteiger charge is 2.11. The van der Waals surface area contributed by atoms with E-state index in [1.807, 2.05) is 12.1 Å². The highest BCUT2D eigenvalue weighted by atomic mass is 16.3. The molecular weight excluding hydrogens is 198 g/mol. The van der Waals surface area contributed by atoms with Gasteiger partial charge in [0.1, 0.15) is 5.75 Å². The van der Waals surface area contributed by atoms with Gasteiger partial charge < -0.3 is 10.4 Å². The summed E-state index contributed by atoms with van der Waals surface area (Å²) in [6.45, 7) is 4.22. The summed E-state index contributed by atoms with van der Waals surface area (Å²) in [5.74, 6) is 2.96. The largest absolute Gasteiger partial charge is 0.508 e. The van der Waals surface area contributed by atoms with E-state index in [9.17, 15) is 5.11 Å². The first-order chi connectivity index (χ1) is 7.67. The minimum absolute atomic E-state index is 0.295. The van der Waals surface area contributed by atoms with Crippen LogP contribution in [0.15, 0.2) is 24.3 Å². The molecule has 86 valence electrons. The Morgan fingerprint density at radius 3 is 2.50 bits per heavy atom. The van der Waals surface area contributed by atoms with Crippen molar-refractivity contribution in [3.8, 4) is 18.1 Å². The second-order valence-corrected chi connectivity index (χ2v) is 4.03. The Kier molecular flexibility index (Phi) is 4.88. The summed E-state index contributed by atoms with van der Waals surface area (Å²) >= 11 is 0. The van der Waals surface area contributed by atoms with E-state index < -0.39 is 0 Å². The van der Waals surface area contributed by atoms with Crippen LogP contribution >= 0.6 is 0 Å². The van der Waals surface area contributed by atoms with Crippen molar-refractivity contribution in [2.45, 2.75) is 38.8 Å². The smallest absolute Gasteiger partial charge is 0.115 e. The molecule has 2 nitrogen and oxygen atoms in total. The van der Waals surface area contributed by atoms with Crippen LogP contribution in [0.3, 0.4) is 0 Å². The Labute approximate surface area is 97.7 Å². The van der Waals surface area contributed by atoms with Crippen LogP contribution in [0.5, 0.6) is 5.75 Å². The number of aromatic hydroxyl groups is 1. The Morgan fingerprint density at radius 2 is 2.00 bits per heavy atom. The van der Waals surface area contributed by atoms with Gasteiger partial charge in [-0.2, -0.15) is 0 Å². The van der Waals surface area contributed by atoms with Gasteiger partial charge in [0.15, 0.2) is 0 Å². The van der Waals surface area contributed by atoms with Crippen molar-refractivity contribution in [3.05, 3.63) is 29.8 Å². The summed E-state index contributed by atoms with van der Waals surface area (Å²) in [5.41, 5.74) is 1.18. The standard InChI is InChI=1S/C14H19NO/c1-4-6-11(3)15-14(5-2)12-7-9-13(16)10-8-12/h1,7-11,14-16H,5-6H2,2-3H3. The van der Waals surface area contributed by atoms with Crippen LogP contribution in [-0.2, 0) is 0 Å². The summed E-state index contributed by atoms with van der Waals surface area (Å²) in [6.07, 6.45) is 7.01. The molecule has 0 spiro atoms. The molecule has 2 N–H and O–H groups in total. The van der Waals surface area contributed by atoms with Crippen molar-refractivity contribution in [2.75, 3.05) is 0 Å². The Hall–Kier alpha value is -1.46. The fourth-order valence-corrected chi connectivity index (χ4v) is 1.74. The monoisotopic (exact) mass is 217 g/mol. The molecule has 0 heterocycles. The van der Waals surface area contributed by atoms with Gasteiger partial charge in [-0.25, -0.2) is 0 Å². The summed E-state index contributed by atoms with van der Waals surface area (Å²) < 4.78 is 0. The Balaban J connectivity index is 2.67. The molecule has 0 aliphatic carbocycles. The van der Waals surface area contributed by atoms with Gasteiger partial charge in [0.25, 0.3) is 0 Å². The molecule has 1 aromatic carbocycles. The number of rotatable bonds is 5. The maximum Gasteiger partial charge on any atom is 0.115 e. The number of phenolic OH excluding ortho intramolecular Hbond substituents is 1. The van der Waals surface area contributed by atoms with Gasteiger partial charge in [0.2, 0.25) is 0 Å². The van der Waals surface area contributed by atoms with Crippen LogP contribution < -0.4 is 5.32 Å². The summed E-state index contributed by atoms with van der Waals surface area (Å²) in [5, 5.41) is 12.7. The quantitative estimate of drug-likeness (QED) is 0.743. The lowest BCUT2D eigenvalue weighted by atomic mass is 10.0.